The van der Waals surface area contributed by atoms with E-state index in [0.29, 0.717) is 0 Å². The number of aromatic nitrogens is 1. The number of anilines is 1. The predicted molar refractivity (Wildman–Crippen MR) is 71.2 cm³/mol. The van der Waals surface area contributed by atoms with Gasteiger partial charge in [0.1, 0.15) is 5.75 Å². The van der Waals surface area contributed by atoms with Gasteiger partial charge in [0.15, 0.2) is 0 Å². The number of benzene rings is 1. The molecule has 0 radical (unpaired) electrons. The van der Waals surface area contributed by atoms with Crippen LogP contribution in [0, 0.1) is 0 Å². The summed E-state index contributed by atoms with van der Waals surface area (Å²) in [6.07, 6.45) is 3.43. The van der Waals surface area contributed by atoms with Crippen molar-refractivity contribution >= 4 is 17.4 Å². The van der Waals surface area contributed by atoms with Gasteiger partial charge in [0.2, 0.25) is 0 Å². The van der Waals surface area contributed by atoms with Crippen molar-refractivity contribution in [1.29, 1.82) is 0 Å². The molecule has 0 aliphatic carbocycles. The van der Waals surface area contributed by atoms with Crippen molar-refractivity contribution in [3.63, 3.8) is 0 Å². The van der Waals surface area contributed by atoms with Gasteiger partial charge in [0.25, 0.3) is 0 Å². The Hall–Kier alpha value is -1.68. The number of nitrogens with two attached hydrogens (primary N) is 1. The number of thioether (sulfide) groups is 1. The van der Waals surface area contributed by atoms with Crippen LogP contribution in [0.1, 0.15) is 5.56 Å². The van der Waals surface area contributed by atoms with E-state index in [1.165, 1.54) is 5.56 Å². The Morgan fingerprint density at radius 3 is 2.65 bits per heavy atom. The molecule has 0 aliphatic rings. The highest BCUT2D eigenvalue weighted by molar-refractivity contribution is 7.98. The molecule has 0 spiro atoms. The second kappa shape index (κ2) is 5.59. The highest BCUT2D eigenvalue weighted by Gasteiger charge is 2.00. The quantitative estimate of drug-likeness (QED) is 0.843. The lowest BCUT2D eigenvalue weighted by Crippen LogP contribution is -1.90. The maximum Gasteiger partial charge on any atom is 0.118 e. The van der Waals surface area contributed by atoms with Gasteiger partial charge >= 0.3 is 0 Å². The Kier molecular flexibility index (Phi) is 3.88. The Morgan fingerprint density at radius 2 is 2.00 bits per heavy atom. The van der Waals surface area contributed by atoms with Crippen LogP contribution in [0.4, 0.5) is 5.69 Å². The number of ether oxygens (including phenoxy) is 1. The van der Waals surface area contributed by atoms with E-state index in [9.17, 15) is 0 Å². The third-order valence-corrected chi connectivity index (χ3v) is 3.52. The normalized spacial score (nSPS) is 10.2. The first-order valence-corrected chi connectivity index (χ1v) is 6.23. The zero-order valence-corrected chi connectivity index (χ0v) is 10.4. The van der Waals surface area contributed by atoms with Crippen molar-refractivity contribution in [1.82, 2.24) is 4.98 Å². The Balaban J connectivity index is 2.00. The third kappa shape index (κ3) is 3.14. The summed E-state index contributed by atoms with van der Waals surface area (Å²) in [7, 11) is 1.67. The van der Waals surface area contributed by atoms with Crippen LogP contribution in [0.3, 0.4) is 0 Å². The summed E-state index contributed by atoms with van der Waals surface area (Å²) in [4.78, 5) is 5.03. The van der Waals surface area contributed by atoms with E-state index in [2.05, 4.69) is 17.1 Å². The molecule has 0 atom stereocenters. The SMILES string of the molecule is COc1ccc(CSc2ccncc2N)cc1. The fourth-order valence-corrected chi connectivity index (χ4v) is 2.30. The Morgan fingerprint density at radius 1 is 1.24 bits per heavy atom. The van der Waals surface area contributed by atoms with Crippen molar-refractivity contribution in [2.45, 2.75) is 10.6 Å². The van der Waals surface area contributed by atoms with Crippen LogP contribution in [0.15, 0.2) is 47.6 Å². The van der Waals surface area contributed by atoms with Gasteiger partial charge in [-0.1, -0.05) is 12.1 Å². The highest BCUT2D eigenvalue weighted by Crippen LogP contribution is 2.27. The molecule has 2 aromatic rings. The number of nitrogen functional groups attached to an aromatic ring is 1. The molecule has 2 N–H and O–H groups in total. The number of rotatable bonds is 4. The zero-order chi connectivity index (χ0) is 12.1. The molecule has 0 amide bonds. The van der Waals surface area contributed by atoms with Crippen LogP contribution in [0.25, 0.3) is 0 Å². The smallest absolute Gasteiger partial charge is 0.118 e. The number of pyridine rings is 1. The van der Waals surface area contributed by atoms with E-state index in [4.69, 9.17) is 10.5 Å². The van der Waals surface area contributed by atoms with Gasteiger partial charge in [-0.15, -0.1) is 11.8 Å². The summed E-state index contributed by atoms with van der Waals surface area (Å²) in [5.41, 5.74) is 7.80. The molecule has 2 rings (SSSR count). The molecule has 0 saturated carbocycles. The predicted octanol–water partition coefficient (Wildman–Crippen LogP) is 2.96. The van der Waals surface area contributed by atoms with E-state index in [1.807, 2.05) is 18.2 Å². The summed E-state index contributed by atoms with van der Waals surface area (Å²) >= 11 is 1.71. The van der Waals surface area contributed by atoms with Gasteiger partial charge in [-0.3, -0.25) is 4.98 Å². The lowest BCUT2D eigenvalue weighted by Gasteiger charge is -2.05. The standard InChI is InChI=1S/C13H14N2OS/c1-16-11-4-2-10(3-5-11)9-17-13-6-7-15-8-12(13)14/h2-8H,9,14H2,1H3. The van der Waals surface area contributed by atoms with Gasteiger partial charge < -0.3 is 10.5 Å². The van der Waals surface area contributed by atoms with Crippen molar-refractivity contribution in [3.05, 3.63) is 48.3 Å². The molecule has 1 aromatic heterocycles. The average molecular weight is 246 g/mol. The first-order valence-electron chi connectivity index (χ1n) is 5.25. The Labute approximate surface area is 105 Å². The molecule has 88 valence electrons. The Bertz CT molecular complexity index is 485. The fraction of sp³-hybridized carbons (Fsp3) is 0.154. The number of methoxy groups -OCH3 is 1. The van der Waals surface area contributed by atoms with E-state index in [-0.39, 0.29) is 0 Å². The third-order valence-electron chi connectivity index (χ3n) is 2.36. The molecule has 0 unspecified atom stereocenters. The molecule has 0 saturated heterocycles. The van der Waals surface area contributed by atoms with Crippen LogP contribution in [0.5, 0.6) is 5.75 Å². The number of hydrogen-bond acceptors (Lipinski definition) is 4. The maximum atomic E-state index is 5.83. The van der Waals surface area contributed by atoms with E-state index in [1.54, 1.807) is 31.3 Å². The molecule has 1 heterocycles. The topological polar surface area (TPSA) is 48.1 Å². The molecule has 0 fully saturated rings. The lowest BCUT2D eigenvalue weighted by atomic mass is 10.2. The first-order chi connectivity index (χ1) is 8.29. The molecule has 3 nitrogen and oxygen atoms in total. The first kappa shape index (κ1) is 11.8. The van der Waals surface area contributed by atoms with Gasteiger partial charge in [0, 0.05) is 16.8 Å². The largest absolute Gasteiger partial charge is 0.497 e. The fourth-order valence-electron chi connectivity index (χ4n) is 1.41. The van der Waals surface area contributed by atoms with Crippen LogP contribution < -0.4 is 10.5 Å². The molecule has 0 aliphatic heterocycles. The van der Waals surface area contributed by atoms with Gasteiger partial charge in [-0.05, 0) is 23.8 Å². The van der Waals surface area contributed by atoms with Crippen molar-refractivity contribution in [2.24, 2.45) is 0 Å². The van der Waals surface area contributed by atoms with Crippen LogP contribution in [-0.4, -0.2) is 12.1 Å². The molecular weight excluding hydrogens is 232 g/mol. The molecule has 0 bridgehead atoms. The summed E-state index contributed by atoms with van der Waals surface area (Å²) in [5.74, 6) is 1.76. The van der Waals surface area contributed by atoms with E-state index < -0.39 is 0 Å². The van der Waals surface area contributed by atoms with Crippen LogP contribution >= 0.6 is 11.8 Å². The number of nitrogens with zero attached hydrogens (tertiary/aromatic N) is 1. The summed E-state index contributed by atoms with van der Waals surface area (Å²) in [6.45, 7) is 0. The summed E-state index contributed by atoms with van der Waals surface area (Å²) < 4.78 is 5.12. The van der Waals surface area contributed by atoms with Crippen molar-refractivity contribution < 1.29 is 4.74 Å². The maximum absolute atomic E-state index is 5.83. The number of hydrogen-bond donors (Lipinski definition) is 1. The van der Waals surface area contributed by atoms with Gasteiger partial charge in [0.05, 0.1) is 19.0 Å². The minimum absolute atomic E-state index is 0.728. The molecular formula is C13H14N2OS. The zero-order valence-electron chi connectivity index (χ0n) is 9.59. The summed E-state index contributed by atoms with van der Waals surface area (Å²) in [6, 6.07) is 9.98. The minimum atomic E-state index is 0.728. The molecule has 4 heteroatoms. The summed E-state index contributed by atoms with van der Waals surface area (Å²) in [5, 5.41) is 0. The van der Waals surface area contributed by atoms with Crippen molar-refractivity contribution in [3.8, 4) is 5.75 Å². The molecule has 17 heavy (non-hydrogen) atoms. The highest BCUT2D eigenvalue weighted by atomic mass is 32.2. The van der Waals surface area contributed by atoms with Crippen LogP contribution in [0.2, 0.25) is 0 Å². The van der Waals surface area contributed by atoms with Crippen LogP contribution in [-0.2, 0) is 5.75 Å². The second-order valence-corrected chi connectivity index (χ2v) is 4.57. The van der Waals surface area contributed by atoms with E-state index >= 15 is 0 Å². The van der Waals surface area contributed by atoms with Gasteiger partial charge in [-0.25, -0.2) is 0 Å². The van der Waals surface area contributed by atoms with E-state index in [0.717, 1.165) is 22.1 Å². The van der Waals surface area contributed by atoms with Crippen molar-refractivity contribution in [2.75, 3.05) is 12.8 Å². The van der Waals surface area contributed by atoms with Gasteiger partial charge in [-0.2, -0.15) is 0 Å². The lowest BCUT2D eigenvalue weighted by molar-refractivity contribution is 0.414. The minimum Gasteiger partial charge on any atom is -0.497 e. The average Bonchev–Trinajstić information content (AvgIpc) is 2.38. The monoisotopic (exact) mass is 246 g/mol. The molecule has 1 aromatic carbocycles. The second-order valence-electron chi connectivity index (χ2n) is 3.55.